The number of hydrogen-bond donors (Lipinski definition) is 0. The Balaban J connectivity index is 2.17. The fourth-order valence-electron chi connectivity index (χ4n) is 2.48. The lowest BCUT2D eigenvalue weighted by Crippen LogP contribution is -2.15. The SMILES string of the molecule is CC(C)c1c(-c2ccccc2)nn2c1OCCC2. The number of nitrogens with zero attached hydrogens (tertiary/aromatic N) is 2. The fraction of sp³-hybridized carbons (Fsp3) is 0.400. The second-order valence-electron chi connectivity index (χ2n) is 5.01. The third-order valence-corrected chi connectivity index (χ3v) is 3.32. The molecule has 0 radical (unpaired) electrons. The predicted octanol–water partition coefficient (Wildman–Crippen LogP) is 3.46. The van der Waals surface area contributed by atoms with Gasteiger partial charge in [0, 0.05) is 24.1 Å². The molecule has 18 heavy (non-hydrogen) atoms. The van der Waals surface area contributed by atoms with Crippen molar-refractivity contribution in [2.45, 2.75) is 32.7 Å². The van der Waals surface area contributed by atoms with Crippen molar-refractivity contribution in [2.24, 2.45) is 0 Å². The Kier molecular flexibility index (Phi) is 2.82. The number of hydrogen-bond acceptors (Lipinski definition) is 2. The van der Waals surface area contributed by atoms with E-state index in [1.54, 1.807) is 0 Å². The van der Waals surface area contributed by atoms with E-state index in [1.807, 2.05) is 10.7 Å². The van der Waals surface area contributed by atoms with Gasteiger partial charge in [-0.25, -0.2) is 4.68 Å². The third kappa shape index (κ3) is 1.80. The molecule has 0 atom stereocenters. The summed E-state index contributed by atoms with van der Waals surface area (Å²) in [6.07, 6.45) is 1.04. The van der Waals surface area contributed by atoms with E-state index in [0.29, 0.717) is 5.92 Å². The molecule has 2 heterocycles. The molecule has 3 rings (SSSR count). The summed E-state index contributed by atoms with van der Waals surface area (Å²) in [7, 11) is 0. The van der Waals surface area contributed by atoms with Crippen molar-refractivity contribution in [3.8, 4) is 17.1 Å². The van der Waals surface area contributed by atoms with Crippen molar-refractivity contribution < 1.29 is 4.74 Å². The Hall–Kier alpha value is -1.77. The molecule has 0 saturated carbocycles. The van der Waals surface area contributed by atoms with E-state index in [1.165, 1.54) is 11.1 Å². The zero-order valence-corrected chi connectivity index (χ0v) is 10.9. The van der Waals surface area contributed by atoms with Gasteiger partial charge in [-0.05, 0) is 5.92 Å². The summed E-state index contributed by atoms with van der Waals surface area (Å²) in [5.74, 6) is 1.39. The maximum absolute atomic E-state index is 5.82. The monoisotopic (exact) mass is 242 g/mol. The minimum atomic E-state index is 0.419. The van der Waals surface area contributed by atoms with Gasteiger partial charge in [0.25, 0.3) is 0 Å². The van der Waals surface area contributed by atoms with Crippen LogP contribution in [0.25, 0.3) is 11.3 Å². The minimum absolute atomic E-state index is 0.419. The van der Waals surface area contributed by atoms with Crippen LogP contribution in [0, 0.1) is 0 Å². The molecule has 94 valence electrons. The molecule has 0 unspecified atom stereocenters. The molecular weight excluding hydrogens is 224 g/mol. The summed E-state index contributed by atoms with van der Waals surface area (Å²) in [6, 6.07) is 10.4. The van der Waals surface area contributed by atoms with Crippen molar-refractivity contribution in [1.29, 1.82) is 0 Å². The van der Waals surface area contributed by atoms with Gasteiger partial charge in [-0.15, -0.1) is 0 Å². The van der Waals surface area contributed by atoms with E-state index in [0.717, 1.165) is 31.1 Å². The predicted molar refractivity (Wildman–Crippen MR) is 71.9 cm³/mol. The first-order chi connectivity index (χ1) is 8.77. The molecule has 1 aliphatic heterocycles. The second kappa shape index (κ2) is 4.48. The molecule has 2 aromatic rings. The Labute approximate surface area is 107 Å². The molecule has 0 spiro atoms. The highest BCUT2D eigenvalue weighted by Crippen LogP contribution is 2.37. The van der Waals surface area contributed by atoms with Gasteiger partial charge in [0.15, 0.2) is 0 Å². The van der Waals surface area contributed by atoms with Crippen molar-refractivity contribution >= 4 is 0 Å². The molecule has 1 aromatic heterocycles. The highest BCUT2D eigenvalue weighted by atomic mass is 16.5. The maximum atomic E-state index is 5.82. The average Bonchev–Trinajstić information content (AvgIpc) is 2.79. The molecule has 1 aliphatic rings. The van der Waals surface area contributed by atoms with Gasteiger partial charge in [-0.3, -0.25) is 0 Å². The number of fused-ring (bicyclic) bond motifs is 1. The number of ether oxygens (including phenoxy) is 1. The van der Waals surface area contributed by atoms with E-state index in [4.69, 9.17) is 9.84 Å². The van der Waals surface area contributed by atoms with Crippen molar-refractivity contribution in [3.63, 3.8) is 0 Å². The molecule has 0 aliphatic carbocycles. The maximum Gasteiger partial charge on any atom is 0.215 e. The smallest absolute Gasteiger partial charge is 0.215 e. The zero-order chi connectivity index (χ0) is 12.5. The second-order valence-corrected chi connectivity index (χ2v) is 5.01. The van der Waals surface area contributed by atoms with Crippen LogP contribution in [-0.2, 0) is 6.54 Å². The average molecular weight is 242 g/mol. The first-order valence-corrected chi connectivity index (χ1v) is 6.56. The van der Waals surface area contributed by atoms with Gasteiger partial charge in [0.1, 0.15) is 0 Å². The Morgan fingerprint density at radius 1 is 1.22 bits per heavy atom. The quantitative estimate of drug-likeness (QED) is 0.806. The molecule has 0 saturated heterocycles. The molecule has 1 aromatic carbocycles. The lowest BCUT2D eigenvalue weighted by molar-refractivity contribution is 0.227. The van der Waals surface area contributed by atoms with Gasteiger partial charge in [-0.1, -0.05) is 44.2 Å². The first-order valence-electron chi connectivity index (χ1n) is 6.56. The van der Waals surface area contributed by atoms with Gasteiger partial charge in [0.2, 0.25) is 5.88 Å². The Bertz CT molecular complexity index is 543. The first kappa shape index (κ1) is 11.3. The summed E-state index contributed by atoms with van der Waals surface area (Å²) in [5, 5.41) is 4.73. The van der Waals surface area contributed by atoms with E-state index in [9.17, 15) is 0 Å². The van der Waals surface area contributed by atoms with Crippen LogP contribution in [0.1, 0.15) is 31.7 Å². The van der Waals surface area contributed by atoms with Crippen molar-refractivity contribution in [1.82, 2.24) is 9.78 Å². The van der Waals surface area contributed by atoms with Crippen LogP contribution in [0.3, 0.4) is 0 Å². The van der Waals surface area contributed by atoms with Gasteiger partial charge in [0.05, 0.1) is 12.3 Å². The van der Waals surface area contributed by atoms with Crippen LogP contribution in [0.4, 0.5) is 0 Å². The van der Waals surface area contributed by atoms with Crippen LogP contribution < -0.4 is 4.74 Å². The van der Waals surface area contributed by atoms with Crippen molar-refractivity contribution in [2.75, 3.05) is 6.61 Å². The molecule has 0 N–H and O–H groups in total. The number of aromatic nitrogens is 2. The molecule has 3 heteroatoms. The highest BCUT2D eigenvalue weighted by Gasteiger charge is 2.24. The largest absolute Gasteiger partial charge is 0.478 e. The summed E-state index contributed by atoms with van der Waals surface area (Å²) >= 11 is 0. The lowest BCUT2D eigenvalue weighted by Gasteiger charge is -2.17. The molecule has 0 fully saturated rings. The normalized spacial score (nSPS) is 14.4. The molecular formula is C15H18N2O. The van der Waals surface area contributed by atoms with Crippen LogP contribution >= 0.6 is 0 Å². The van der Waals surface area contributed by atoms with E-state index in [-0.39, 0.29) is 0 Å². The van der Waals surface area contributed by atoms with Crippen LogP contribution in [0.15, 0.2) is 30.3 Å². The summed E-state index contributed by atoms with van der Waals surface area (Å²) in [6.45, 7) is 6.16. The number of benzene rings is 1. The standard InChI is InChI=1S/C15H18N2O/c1-11(2)13-14(12-7-4-3-5-8-12)16-17-9-6-10-18-15(13)17/h3-5,7-8,11H,6,9-10H2,1-2H3. The van der Waals surface area contributed by atoms with Gasteiger partial charge >= 0.3 is 0 Å². The zero-order valence-electron chi connectivity index (χ0n) is 10.9. The minimum Gasteiger partial charge on any atom is -0.478 e. The van der Waals surface area contributed by atoms with Gasteiger partial charge in [-0.2, -0.15) is 5.10 Å². The highest BCUT2D eigenvalue weighted by molar-refractivity contribution is 5.66. The van der Waals surface area contributed by atoms with Crippen molar-refractivity contribution in [3.05, 3.63) is 35.9 Å². The fourth-order valence-corrected chi connectivity index (χ4v) is 2.48. The van der Waals surface area contributed by atoms with E-state index >= 15 is 0 Å². The number of rotatable bonds is 2. The van der Waals surface area contributed by atoms with Crippen LogP contribution in [0.5, 0.6) is 5.88 Å². The van der Waals surface area contributed by atoms with Crippen LogP contribution in [-0.4, -0.2) is 16.4 Å². The summed E-state index contributed by atoms with van der Waals surface area (Å²) in [4.78, 5) is 0. The molecule has 3 nitrogen and oxygen atoms in total. The Morgan fingerprint density at radius 2 is 2.00 bits per heavy atom. The summed E-state index contributed by atoms with van der Waals surface area (Å²) in [5.41, 5.74) is 3.48. The summed E-state index contributed by atoms with van der Waals surface area (Å²) < 4.78 is 7.83. The lowest BCUT2D eigenvalue weighted by atomic mass is 9.99. The topological polar surface area (TPSA) is 27.1 Å². The van der Waals surface area contributed by atoms with Crippen LogP contribution in [0.2, 0.25) is 0 Å². The third-order valence-electron chi connectivity index (χ3n) is 3.32. The van der Waals surface area contributed by atoms with E-state index < -0.39 is 0 Å². The molecule has 0 amide bonds. The molecule has 0 bridgehead atoms. The van der Waals surface area contributed by atoms with E-state index in [2.05, 4.69) is 38.1 Å². The van der Waals surface area contributed by atoms with Gasteiger partial charge < -0.3 is 4.74 Å². The Morgan fingerprint density at radius 3 is 2.72 bits per heavy atom. The number of aryl methyl sites for hydroxylation is 1.